The van der Waals surface area contributed by atoms with Crippen molar-refractivity contribution >= 4 is 17.7 Å². The average Bonchev–Trinajstić information content (AvgIpc) is 2.52. The highest BCUT2D eigenvalue weighted by Crippen LogP contribution is 2.19. The molecule has 2 saturated heterocycles. The molecule has 76 valence electrons. The third-order valence-corrected chi connectivity index (χ3v) is 2.70. The van der Waals surface area contributed by atoms with Crippen LogP contribution in [0, 0.1) is 0 Å². The Bertz CT molecular complexity index is 300. The van der Waals surface area contributed by atoms with Crippen molar-refractivity contribution in [1.29, 1.82) is 0 Å². The third-order valence-electron chi connectivity index (χ3n) is 2.70. The molecule has 5 heteroatoms. The summed E-state index contributed by atoms with van der Waals surface area (Å²) in [6, 6.07) is -0.414. The third kappa shape index (κ3) is 1.49. The Morgan fingerprint density at radius 1 is 1.21 bits per heavy atom. The van der Waals surface area contributed by atoms with Crippen molar-refractivity contribution in [3.63, 3.8) is 0 Å². The molecule has 0 aromatic carbocycles. The van der Waals surface area contributed by atoms with Crippen molar-refractivity contribution in [3.05, 3.63) is 0 Å². The van der Waals surface area contributed by atoms with Crippen molar-refractivity contribution in [2.24, 2.45) is 0 Å². The Balaban J connectivity index is 2.07. The second-order valence-electron chi connectivity index (χ2n) is 3.66. The number of rotatable bonds is 1. The molecule has 14 heavy (non-hydrogen) atoms. The van der Waals surface area contributed by atoms with Crippen LogP contribution < -0.4 is 5.32 Å². The van der Waals surface area contributed by atoms with E-state index in [0.717, 1.165) is 6.42 Å². The summed E-state index contributed by atoms with van der Waals surface area (Å²) in [6.07, 6.45) is 2.14. The fourth-order valence-corrected chi connectivity index (χ4v) is 1.98. The van der Waals surface area contributed by atoms with Gasteiger partial charge in [0, 0.05) is 19.4 Å². The predicted molar refractivity (Wildman–Crippen MR) is 47.1 cm³/mol. The molecular formula is C9H12N2O3. The number of piperidine rings is 1. The molecule has 2 aliphatic rings. The van der Waals surface area contributed by atoms with Gasteiger partial charge in [-0.25, -0.2) is 0 Å². The maximum Gasteiger partial charge on any atom is 0.249 e. The molecule has 2 fully saturated rings. The largest absolute Gasteiger partial charge is 0.331 e. The molecule has 1 N–H and O–H groups in total. The lowest BCUT2D eigenvalue weighted by Crippen LogP contribution is -2.52. The van der Waals surface area contributed by atoms with Crippen LogP contribution in [-0.4, -0.2) is 35.2 Å². The van der Waals surface area contributed by atoms with Gasteiger partial charge in [0.05, 0.1) is 0 Å². The van der Waals surface area contributed by atoms with E-state index in [-0.39, 0.29) is 17.7 Å². The molecule has 0 aromatic heterocycles. The Labute approximate surface area is 81.4 Å². The Morgan fingerprint density at radius 2 is 2.00 bits per heavy atom. The first-order valence-electron chi connectivity index (χ1n) is 4.81. The number of hydrogen-bond acceptors (Lipinski definition) is 3. The number of imide groups is 1. The molecule has 2 heterocycles. The van der Waals surface area contributed by atoms with Crippen LogP contribution in [0.1, 0.15) is 25.7 Å². The van der Waals surface area contributed by atoms with E-state index in [2.05, 4.69) is 5.32 Å². The number of hydrogen-bond donors (Lipinski definition) is 1. The molecule has 2 rings (SSSR count). The standard InChI is InChI=1S/C9H12N2O3/c12-7-4-3-6(9(14)10-7)11-5-1-2-8(11)13/h6H,1-5H2,(H,10,12,14). The van der Waals surface area contributed by atoms with Gasteiger partial charge >= 0.3 is 0 Å². The van der Waals surface area contributed by atoms with Crippen LogP contribution in [0.25, 0.3) is 0 Å². The summed E-state index contributed by atoms with van der Waals surface area (Å²) in [5.74, 6) is -0.533. The predicted octanol–water partition coefficient (Wildman–Crippen LogP) is -0.586. The lowest BCUT2D eigenvalue weighted by Gasteiger charge is -2.29. The first kappa shape index (κ1) is 9.18. The Morgan fingerprint density at radius 3 is 2.57 bits per heavy atom. The summed E-state index contributed by atoms with van der Waals surface area (Å²) in [4.78, 5) is 35.2. The van der Waals surface area contributed by atoms with Gasteiger partial charge in [-0.2, -0.15) is 0 Å². The molecule has 1 unspecified atom stereocenters. The van der Waals surface area contributed by atoms with Gasteiger partial charge in [-0.3, -0.25) is 19.7 Å². The van der Waals surface area contributed by atoms with Crippen molar-refractivity contribution in [2.75, 3.05) is 6.54 Å². The highest BCUT2D eigenvalue weighted by atomic mass is 16.2. The van der Waals surface area contributed by atoms with Gasteiger partial charge < -0.3 is 4.90 Å². The topological polar surface area (TPSA) is 66.5 Å². The average molecular weight is 196 g/mol. The normalized spacial score (nSPS) is 28.1. The second kappa shape index (κ2) is 3.40. The smallest absolute Gasteiger partial charge is 0.249 e. The van der Waals surface area contributed by atoms with E-state index in [1.54, 1.807) is 4.90 Å². The van der Waals surface area contributed by atoms with E-state index < -0.39 is 6.04 Å². The SMILES string of the molecule is O=C1CCC(N2CCCC2=O)C(=O)N1. The van der Waals surface area contributed by atoms with Crippen molar-refractivity contribution in [3.8, 4) is 0 Å². The van der Waals surface area contributed by atoms with Gasteiger partial charge in [-0.15, -0.1) is 0 Å². The minimum Gasteiger partial charge on any atom is -0.331 e. The summed E-state index contributed by atoms with van der Waals surface area (Å²) in [7, 11) is 0. The maximum absolute atomic E-state index is 11.4. The molecule has 0 radical (unpaired) electrons. The van der Waals surface area contributed by atoms with Crippen molar-refractivity contribution in [2.45, 2.75) is 31.7 Å². The molecule has 0 bridgehead atoms. The fraction of sp³-hybridized carbons (Fsp3) is 0.667. The van der Waals surface area contributed by atoms with Crippen LogP contribution in [0.3, 0.4) is 0 Å². The van der Waals surface area contributed by atoms with Gasteiger partial charge in [0.2, 0.25) is 17.7 Å². The fourth-order valence-electron chi connectivity index (χ4n) is 1.98. The van der Waals surface area contributed by atoms with E-state index in [4.69, 9.17) is 0 Å². The molecule has 5 nitrogen and oxygen atoms in total. The van der Waals surface area contributed by atoms with E-state index in [1.807, 2.05) is 0 Å². The van der Waals surface area contributed by atoms with Crippen molar-refractivity contribution in [1.82, 2.24) is 10.2 Å². The number of carbonyl (C=O) groups excluding carboxylic acids is 3. The van der Waals surface area contributed by atoms with Gasteiger partial charge in [0.1, 0.15) is 6.04 Å². The molecule has 2 aliphatic heterocycles. The van der Waals surface area contributed by atoms with Crippen molar-refractivity contribution < 1.29 is 14.4 Å². The van der Waals surface area contributed by atoms with Gasteiger partial charge in [-0.1, -0.05) is 0 Å². The first-order valence-corrected chi connectivity index (χ1v) is 4.81. The Hall–Kier alpha value is -1.39. The molecule has 0 saturated carbocycles. The molecular weight excluding hydrogens is 184 g/mol. The van der Waals surface area contributed by atoms with Gasteiger partial charge in [0.25, 0.3) is 0 Å². The zero-order valence-corrected chi connectivity index (χ0v) is 7.78. The highest BCUT2D eigenvalue weighted by molar-refractivity contribution is 6.01. The quantitative estimate of drug-likeness (QED) is 0.570. The summed E-state index contributed by atoms with van der Waals surface area (Å²) < 4.78 is 0. The van der Waals surface area contributed by atoms with E-state index >= 15 is 0 Å². The van der Waals surface area contributed by atoms with Crippen LogP contribution in [0.15, 0.2) is 0 Å². The van der Waals surface area contributed by atoms with Gasteiger partial charge in [0.15, 0.2) is 0 Å². The zero-order chi connectivity index (χ0) is 10.1. The lowest BCUT2D eigenvalue weighted by atomic mass is 10.1. The Kier molecular flexibility index (Phi) is 2.23. The molecule has 0 aliphatic carbocycles. The minimum absolute atomic E-state index is 0.0273. The first-order chi connectivity index (χ1) is 6.68. The molecule has 0 aromatic rings. The zero-order valence-electron chi connectivity index (χ0n) is 7.78. The summed E-state index contributed by atoms with van der Waals surface area (Å²) in [5.41, 5.74) is 0. The number of amides is 3. The molecule has 0 spiro atoms. The summed E-state index contributed by atoms with van der Waals surface area (Å²) in [6.45, 7) is 0.644. The van der Waals surface area contributed by atoms with Crippen LogP contribution in [-0.2, 0) is 14.4 Å². The van der Waals surface area contributed by atoms with E-state index in [1.165, 1.54) is 0 Å². The highest BCUT2D eigenvalue weighted by Gasteiger charge is 2.36. The molecule has 1 atom stereocenters. The number of nitrogens with zero attached hydrogens (tertiary/aromatic N) is 1. The van der Waals surface area contributed by atoms with Crippen LogP contribution in [0.4, 0.5) is 0 Å². The number of carbonyl (C=O) groups is 3. The van der Waals surface area contributed by atoms with Crippen LogP contribution in [0.2, 0.25) is 0 Å². The molecule has 3 amide bonds. The monoisotopic (exact) mass is 196 g/mol. The minimum atomic E-state index is -0.414. The maximum atomic E-state index is 11.4. The lowest BCUT2D eigenvalue weighted by molar-refractivity contribution is -0.143. The summed E-state index contributed by atoms with van der Waals surface area (Å²) in [5, 5.41) is 2.26. The second-order valence-corrected chi connectivity index (χ2v) is 3.66. The number of likely N-dealkylation sites (tertiary alicyclic amines) is 1. The van der Waals surface area contributed by atoms with E-state index in [0.29, 0.717) is 25.8 Å². The van der Waals surface area contributed by atoms with E-state index in [9.17, 15) is 14.4 Å². The van der Waals surface area contributed by atoms with Gasteiger partial charge in [-0.05, 0) is 12.8 Å². The van der Waals surface area contributed by atoms with Crippen LogP contribution >= 0.6 is 0 Å². The van der Waals surface area contributed by atoms with Crippen LogP contribution in [0.5, 0.6) is 0 Å². The summed E-state index contributed by atoms with van der Waals surface area (Å²) >= 11 is 0. The number of nitrogens with one attached hydrogen (secondary N) is 1.